The van der Waals surface area contributed by atoms with Crippen LogP contribution in [0.4, 0.5) is 5.82 Å². The number of anilines is 1. The Balaban J connectivity index is 2.04. The van der Waals surface area contributed by atoms with Crippen molar-refractivity contribution in [3.63, 3.8) is 0 Å². The average Bonchev–Trinajstić information content (AvgIpc) is 2.56. The average molecular weight is 298 g/mol. The number of nitrogens with zero attached hydrogens (tertiary/aromatic N) is 4. The van der Waals surface area contributed by atoms with Crippen molar-refractivity contribution < 1.29 is 5.11 Å². The maximum absolute atomic E-state index is 9.72. The monoisotopic (exact) mass is 298 g/mol. The molecular weight excluding hydrogens is 276 g/mol. The standard InChI is InChI=1S/C17H22N4O/c1-3-15-16(13-5-4-12(2)18-10-13)17(20-11-19-15)21-8-6-14(22)7-9-21/h4-5,10-11,14,22H,3,6-9H2,1-2H3. The van der Waals surface area contributed by atoms with Gasteiger partial charge in [-0.1, -0.05) is 13.0 Å². The molecule has 0 radical (unpaired) electrons. The quantitative estimate of drug-likeness (QED) is 0.942. The van der Waals surface area contributed by atoms with Crippen LogP contribution in [0.5, 0.6) is 0 Å². The van der Waals surface area contributed by atoms with Gasteiger partial charge < -0.3 is 10.0 Å². The van der Waals surface area contributed by atoms with E-state index in [9.17, 15) is 5.11 Å². The smallest absolute Gasteiger partial charge is 0.140 e. The zero-order chi connectivity index (χ0) is 15.5. The van der Waals surface area contributed by atoms with Crippen molar-refractivity contribution in [2.45, 2.75) is 39.2 Å². The largest absolute Gasteiger partial charge is 0.393 e. The lowest BCUT2D eigenvalue weighted by Crippen LogP contribution is -2.36. The number of pyridine rings is 1. The molecule has 3 heterocycles. The molecule has 1 saturated heterocycles. The van der Waals surface area contributed by atoms with E-state index >= 15 is 0 Å². The summed E-state index contributed by atoms with van der Waals surface area (Å²) in [6.45, 7) is 5.75. The predicted octanol–water partition coefficient (Wildman–Crippen LogP) is 2.37. The molecule has 0 amide bonds. The third-order valence-corrected chi connectivity index (χ3v) is 4.20. The van der Waals surface area contributed by atoms with Gasteiger partial charge in [0.05, 0.1) is 11.8 Å². The minimum absolute atomic E-state index is 0.187. The molecule has 0 saturated carbocycles. The summed E-state index contributed by atoms with van der Waals surface area (Å²) in [5.74, 6) is 0.962. The summed E-state index contributed by atoms with van der Waals surface area (Å²) in [5, 5.41) is 9.72. The van der Waals surface area contributed by atoms with Gasteiger partial charge in [0.25, 0.3) is 0 Å². The Morgan fingerprint density at radius 1 is 1.18 bits per heavy atom. The van der Waals surface area contributed by atoms with Crippen LogP contribution in [0.25, 0.3) is 11.1 Å². The summed E-state index contributed by atoms with van der Waals surface area (Å²) in [6.07, 6.45) is 5.79. The molecule has 1 aliphatic heterocycles. The molecule has 1 fully saturated rings. The maximum atomic E-state index is 9.72. The van der Waals surface area contributed by atoms with Gasteiger partial charge in [-0.3, -0.25) is 4.98 Å². The zero-order valence-electron chi connectivity index (χ0n) is 13.2. The molecule has 0 bridgehead atoms. The van der Waals surface area contributed by atoms with Gasteiger partial charge in [0.15, 0.2) is 0 Å². The molecule has 0 spiro atoms. The first kappa shape index (κ1) is 14.9. The van der Waals surface area contributed by atoms with Crippen LogP contribution in [0, 0.1) is 6.92 Å². The van der Waals surface area contributed by atoms with Gasteiger partial charge in [0.1, 0.15) is 12.1 Å². The Hall–Kier alpha value is -2.01. The topological polar surface area (TPSA) is 62.1 Å². The lowest BCUT2D eigenvalue weighted by Gasteiger charge is -2.32. The highest BCUT2D eigenvalue weighted by molar-refractivity contribution is 5.77. The second-order valence-electron chi connectivity index (χ2n) is 5.78. The molecule has 3 rings (SSSR count). The molecule has 116 valence electrons. The molecule has 2 aromatic heterocycles. The van der Waals surface area contributed by atoms with Crippen LogP contribution >= 0.6 is 0 Å². The molecule has 1 N–H and O–H groups in total. The van der Waals surface area contributed by atoms with Crippen molar-refractivity contribution >= 4 is 5.82 Å². The Morgan fingerprint density at radius 2 is 1.95 bits per heavy atom. The summed E-state index contributed by atoms with van der Waals surface area (Å²) >= 11 is 0. The number of aryl methyl sites for hydroxylation is 2. The highest BCUT2D eigenvalue weighted by atomic mass is 16.3. The normalized spacial score (nSPS) is 16.0. The zero-order valence-corrected chi connectivity index (χ0v) is 13.2. The Labute approximate surface area is 131 Å². The van der Waals surface area contributed by atoms with Crippen molar-refractivity contribution in [3.05, 3.63) is 36.0 Å². The minimum atomic E-state index is -0.187. The van der Waals surface area contributed by atoms with Crippen molar-refractivity contribution in [2.24, 2.45) is 0 Å². The first-order valence-electron chi connectivity index (χ1n) is 7.89. The van der Waals surface area contributed by atoms with Gasteiger partial charge >= 0.3 is 0 Å². The third kappa shape index (κ3) is 2.95. The van der Waals surface area contributed by atoms with E-state index in [2.05, 4.69) is 32.8 Å². The van der Waals surface area contributed by atoms with E-state index < -0.39 is 0 Å². The molecule has 0 unspecified atom stereocenters. The lowest BCUT2D eigenvalue weighted by molar-refractivity contribution is 0.145. The van der Waals surface area contributed by atoms with Crippen molar-refractivity contribution in [1.82, 2.24) is 15.0 Å². The molecular formula is C17H22N4O. The van der Waals surface area contributed by atoms with E-state index in [4.69, 9.17) is 0 Å². The van der Waals surface area contributed by atoms with Gasteiger partial charge in [0, 0.05) is 36.1 Å². The summed E-state index contributed by atoms with van der Waals surface area (Å²) in [6, 6.07) is 4.11. The fourth-order valence-corrected chi connectivity index (χ4v) is 2.91. The lowest BCUT2D eigenvalue weighted by atomic mass is 10.0. The van der Waals surface area contributed by atoms with Gasteiger partial charge in [-0.25, -0.2) is 9.97 Å². The van der Waals surface area contributed by atoms with Crippen molar-refractivity contribution in [3.8, 4) is 11.1 Å². The molecule has 0 aliphatic carbocycles. The van der Waals surface area contributed by atoms with Gasteiger partial charge in [-0.2, -0.15) is 0 Å². The van der Waals surface area contributed by atoms with Crippen LogP contribution in [-0.4, -0.2) is 39.3 Å². The van der Waals surface area contributed by atoms with Gasteiger partial charge in [-0.05, 0) is 32.3 Å². The highest BCUT2D eigenvalue weighted by Gasteiger charge is 2.22. The fraction of sp³-hybridized carbons (Fsp3) is 0.471. The molecule has 2 aromatic rings. The Kier molecular flexibility index (Phi) is 4.34. The number of hydrogen-bond donors (Lipinski definition) is 1. The maximum Gasteiger partial charge on any atom is 0.140 e. The van der Waals surface area contributed by atoms with Crippen LogP contribution in [0.2, 0.25) is 0 Å². The second kappa shape index (κ2) is 6.40. The van der Waals surface area contributed by atoms with Gasteiger partial charge in [0.2, 0.25) is 0 Å². The molecule has 5 heteroatoms. The molecule has 0 atom stereocenters. The van der Waals surface area contributed by atoms with E-state index in [0.29, 0.717) is 0 Å². The molecule has 0 aromatic carbocycles. The first-order chi connectivity index (χ1) is 10.7. The number of aliphatic hydroxyl groups is 1. The van der Waals surface area contributed by atoms with Crippen LogP contribution in [-0.2, 0) is 6.42 Å². The number of hydrogen-bond acceptors (Lipinski definition) is 5. The molecule has 1 aliphatic rings. The number of rotatable bonds is 3. The summed E-state index contributed by atoms with van der Waals surface area (Å²) in [7, 11) is 0. The van der Waals surface area contributed by atoms with E-state index in [1.54, 1.807) is 6.33 Å². The third-order valence-electron chi connectivity index (χ3n) is 4.20. The van der Waals surface area contributed by atoms with Crippen LogP contribution in [0.1, 0.15) is 31.2 Å². The van der Waals surface area contributed by atoms with Crippen LogP contribution in [0.3, 0.4) is 0 Å². The number of aromatic nitrogens is 3. The highest BCUT2D eigenvalue weighted by Crippen LogP contribution is 2.32. The predicted molar refractivity (Wildman–Crippen MR) is 86.8 cm³/mol. The van der Waals surface area contributed by atoms with Gasteiger partial charge in [-0.15, -0.1) is 0 Å². The first-order valence-corrected chi connectivity index (χ1v) is 7.89. The summed E-state index contributed by atoms with van der Waals surface area (Å²) < 4.78 is 0. The Bertz CT molecular complexity index is 634. The minimum Gasteiger partial charge on any atom is -0.393 e. The Morgan fingerprint density at radius 3 is 2.59 bits per heavy atom. The SMILES string of the molecule is CCc1ncnc(N2CCC(O)CC2)c1-c1ccc(C)nc1. The summed E-state index contributed by atoms with van der Waals surface area (Å²) in [5.41, 5.74) is 4.18. The van der Waals surface area contributed by atoms with Crippen molar-refractivity contribution in [2.75, 3.05) is 18.0 Å². The number of aliphatic hydroxyl groups excluding tert-OH is 1. The van der Waals surface area contributed by atoms with E-state index in [0.717, 1.165) is 60.7 Å². The fourth-order valence-electron chi connectivity index (χ4n) is 2.91. The molecule has 22 heavy (non-hydrogen) atoms. The summed E-state index contributed by atoms with van der Waals surface area (Å²) in [4.78, 5) is 15.7. The van der Waals surface area contributed by atoms with Crippen LogP contribution in [0.15, 0.2) is 24.7 Å². The van der Waals surface area contributed by atoms with E-state index in [1.165, 1.54) is 0 Å². The van der Waals surface area contributed by atoms with Crippen LogP contribution < -0.4 is 4.90 Å². The molecule has 5 nitrogen and oxygen atoms in total. The number of piperidine rings is 1. The van der Waals surface area contributed by atoms with E-state index in [1.807, 2.05) is 19.2 Å². The van der Waals surface area contributed by atoms with E-state index in [-0.39, 0.29) is 6.10 Å². The van der Waals surface area contributed by atoms with Crippen molar-refractivity contribution in [1.29, 1.82) is 0 Å². The second-order valence-corrected chi connectivity index (χ2v) is 5.78.